The van der Waals surface area contributed by atoms with Crippen molar-refractivity contribution in [2.75, 3.05) is 0 Å². The van der Waals surface area contributed by atoms with E-state index in [1.165, 1.54) is 10.9 Å². The largest absolute Gasteiger partial charge is 0.226 e. The van der Waals surface area contributed by atoms with Gasteiger partial charge in [0, 0.05) is 11.1 Å². The first-order valence-electron chi connectivity index (χ1n) is 9.33. The van der Waals surface area contributed by atoms with Crippen LogP contribution in [0.25, 0.3) is 44.7 Å². The first kappa shape index (κ1) is 17.5. The highest BCUT2D eigenvalue weighted by Crippen LogP contribution is 2.27. The van der Waals surface area contributed by atoms with E-state index in [-0.39, 0.29) is 5.28 Å². The fourth-order valence-electron chi connectivity index (χ4n) is 3.38. The number of halogens is 1. The van der Waals surface area contributed by atoms with E-state index >= 15 is 0 Å². The average Bonchev–Trinajstić information content (AvgIpc) is 2.79. The zero-order valence-electron chi connectivity index (χ0n) is 15.5. The van der Waals surface area contributed by atoms with Gasteiger partial charge in [-0.15, -0.1) is 0 Å². The third-order valence-electron chi connectivity index (χ3n) is 4.87. The molecule has 138 valence electrons. The summed E-state index contributed by atoms with van der Waals surface area (Å²) < 4.78 is 0. The molecule has 0 saturated heterocycles. The standard InChI is InChI=1S/C25H16ClN3/c26-25-28-23(20-13-10-19(11-14-20)17-6-2-1-3-7-17)27-24(29-25)22-15-12-18-8-4-5-9-21(18)16-22/h1-16H. The van der Waals surface area contributed by atoms with Crippen LogP contribution in [0, 0.1) is 0 Å². The van der Waals surface area contributed by atoms with Crippen LogP contribution in [-0.2, 0) is 0 Å². The van der Waals surface area contributed by atoms with Gasteiger partial charge in [0.2, 0.25) is 5.28 Å². The van der Waals surface area contributed by atoms with Gasteiger partial charge in [-0.05, 0) is 39.6 Å². The lowest BCUT2D eigenvalue weighted by Gasteiger charge is -2.07. The summed E-state index contributed by atoms with van der Waals surface area (Å²) in [6.07, 6.45) is 0. The van der Waals surface area contributed by atoms with Crippen LogP contribution in [0.15, 0.2) is 97.1 Å². The van der Waals surface area contributed by atoms with Gasteiger partial charge in [0.05, 0.1) is 0 Å². The molecule has 0 aliphatic rings. The number of hydrogen-bond acceptors (Lipinski definition) is 3. The van der Waals surface area contributed by atoms with Crippen LogP contribution < -0.4 is 0 Å². The Labute approximate surface area is 173 Å². The predicted molar refractivity (Wildman–Crippen MR) is 119 cm³/mol. The number of aromatic nitrogens is 3. The van der Waals surface area contributed by atoms with Crippen molar-refractivity contribution in [2.24, 2.45) is 0 Å². The van der Waals surface area contributed by atoms with Crippen molar-refractivity contribution < 1.29 is 0 Å². The van der Waals surface area contributed by atoms with Gasteiger partial charge >= 0.3 is 0 Å². The van der Waals surface area contributed by atoms with Crippen molar-refractivity contribution in [3.8, 4) is 33.9 Å². The topological polar surface area (TPSA) is 38.7 Å². The fraction of sp³-hybridized carbons (Fsp3) is 0. The molecular weight excluding hydrogens is 378 g/mol. The molecule has 0 saturated carbocycles. The van der Waals surface area contributed by atoms with Gasteiger partial charge in [-0.25, -0.2) is 4.98 Å². The number of fused-ring (bicyclic) bond motifs is 1. The summed E-state index contributed by atoms with van der Waals surface area (Å²) in [6.45, 7) is 0. The normalized spacial score (nSPS) is 10.9. The molecule has 0 fully saturated rings. The minimum atomic E-state index is 0.185. The van der Waals surface area contributed by atoms with Crippen LogP contribution in [0.1, 0.15) is 0 Å². The van der Waals surface area contributed by atoms with Gasteiger partial charge in [-0.3, -0.25) is 0 Å². The minimum Gasteiger partial charge on any atom is -0.208 e. The average molecular weight is 394 g/mol. The Bertz CT molecular complexity index is 1300. The number of hydrogen-bond donors (Lipinski definition) is 0. The van der Waals surface area contributed by atoms with E-state index in [0.717, 1.165) is 22.1 Å². The maximum Gasteiger partial charge on any atom is 0.226 e. The van der Waals surface area contributed by atoms with Crippen molar-refractivity contribution in [3.63, 3.8) is 0 Å². The van der Waals surface area contributed by atoms with Crippen molar-refractivity contribution in [1.29, 1.82) is 0 Å². The second-order valence-corrected chi connectivity index (χ2v) is 7.10. The number of benzene rings is 4. The zero-order valence-corrected chi connectivity index (χ0v) is 16.2. The van der Waals surface area contributed by atoms with Gasteiger partial charge < -0.3 is 0 Å². The van der Waals surface area contributed by atoms with Crippen molar-refractivity contribution in [3.05, 3.63) is 102 Å². The van der Waals surface area contributed by atoms with Crippen LogP contribution in [0.4, 0.5) is 0 Å². The van der Waals surface area contributed by atoms with Crippen LogP contribution in [-0.4, -0.2) is 15.0 Å². The maximum absolute atomic E-state index is 6.23. The molecule has 29 heavy (non-hydrogen) atoms. The van der Waals surface area contributed by atoms with Gasteiger partial charge in [0.25, 0.3) is 0 Å². The molecule has 0 radical (unpaired) electrons. The first-order valence-corrected chi connectivity index (χ1v) is 9.71. The molecule has 0 N–H and O–H groups in total. The number of rotatable bonds is 3. The third-order valence-corrected chi connectivity index (χ3v) is 5.04. The Morgan fingerprint density at radius 3 is 1.76 bits per heavy atom. The molecule has 0 aliphatic carbocycles. The molecule has 4 aromatic carbocycles. The summed E-state index contributed by atoms with van der Waals surface area (Å²) in [4.78, 5) is 13.4. The Balaban J connectivity index is 1.53. The highest BCUT2D eigenvalue weighted by molar-refractivity contribution is 6.28. The quantitative estimate of drug-likeness (QED) is 0.343. The molecule has 4 heteroatoms. The van der Waals surface area contributed by atoms with Crippen molar-refractivity contribution in [1.82, 2.24) is 15.0 Å². The molecule has 0 amide bonds. The Hall–Kier alpha value is -3.56. The van der Waals surface area contributed by atoms with Gasteiger partial charge in [-0.1, -0.05) is 91.0 Å². The first-order chi connectivity index (χ1) is 14.3. The Morgan fingerprint density at radius 2 is 1.00 bits per heavy atom. The van der Waals surface area contributed by atoms with E-state index in [1.807, 2.05) is 48.5 Å². The SMILES string of the molecule is Clc1nc(-c2ccc(-c3ccccc3)cc2)nc(-c2ccc3ccccc3c2)n1. The smallest absolute Gasteiger partial charge is 0.208 e. The summed E-state index contributed by atoms with van der Waals surface area (Å²) >= 11 is 6.23. The summed E-state index contributed by atoms with van der Waals surface area (Å²) in [5.74, 6) is 1.13. The molecule has 3 nitrogen and oxygen atoms in total. The van der Waals surface area contributed by atoms with E-state index in [0.29, 0.717) is 11.6 Å². The van der Waals surface area contributed by atoms with Crippen LogP contribution in [0.5, 0.6) is 0 Å². The Kier molecular flexibility index (Phi) is 4.51. The molecule has 0 bridgehead atoms. The van der Waals surface area contributed by atoms with E-state index in [4.69, 9.17) is 11.6 Å². The summed E-state index contributed by atoms with van der Waals surface area (Å²) in [5.41, 5.74) is 4.13. The molecule has 0 aliphatic heterocycles. The van der Waals surface area contributed by atoms with Crippen LogP contribution in [0.2, 0.25) is 5.28 Å². The molecule has 5 rings (SSSR count). The van der Waals surface area contributed by atoms with Gasteiger partial charge in [0.15, 0.2) is 11.6 Å². The lowest BCUT2D eigenvalue weighted by atomic mass is 10.0. The molecule has 0 atom stereocenters. The van der Waals surface area contributed by atoms with Gasteiger partial charge in [0.1, 0.15) is 0 Å². The van der Waals surface area contributed by atoms with E-state index in [9.17, 15) is 0 Å². The molecule has 0 unspecified atom stereocenters. The summed E-state index contributed by atoms with van der Waals surface area (Å²) in [6, 6.07) is 32.8. The zero-order chi connectivity index (χ0) is 19.6. The molecular formula is C25H16ClN3. The van der Waals surface area contributed by atoms with Crippen LogP contribution >= 0.6 is 11.6 Å². The van der Waals surface area contributed by atoms with E-state index in [1.54, 1.807) is 0 Å². The Morgan fingerprint density at radius 1 is 0.448 bits per heavy atom. The fourth-order valence-corrected chi connectivity index (χ4v) is 3.54. The van der Waals surface area contributed by atoms with Crippen molar-refractivity contribution >= 4 is 22.4 Å². The summed E-state index contributed by atoms with van der Waals surface area (Å²) in [5, 5.41) is 2.49. The van der Waals surface area contributed by atoms with Gasteiger partial charge in [-0.2, -0.15) is 9.97 Å². The summed E-state index contributed by atoms with van der Waals surface area (Å²) in [7, 11) is 0. The highest BCUT2D eigenvalue weighted by atomic mass is 35.5. The molecule has 0 spiro atoms. The van der Waals surface area contributed by atoms with Crippen molar-refractivity contribution in [2.45, 2.75) is 0 Å². The molecule has 1 heterocycles. The maximum atomic E-state index is 6.23. The van der Waals surface area contributed by atoms with E-state index in [2.05, 4.69) is 63.5 Å². The number of nitrogens with zero attached hydrogens (tertiary/aromatic N) is 3. The predicted octanol–water partition coefficient (Wildman–Crippen LogP) is 6.68. The second kappa shape index (κ2) is 7.46. The molecule has 5 aromatic rings. The highest BCUT2D eigenvalue weighted by Gasteiger charge is 2.10. The third kappa shape index (κ3) is 3.60. The molecule has 1 aromatic heterocycles. The second-order valence-electron chi connectivity index (χ2n) is 6.76. The minimum absolute atomic E-state index is 0.185. The van der Waals surface area contributed by atoms with E-state index < -0.39 is 0 Å². The monoisotopic (exact) mass is 393 g/mol. The lowest BCUT2D eigenvalue weighted by molar-refractivity contribution is 1.07. The lowest BCUT2D eigenvalue weighted by Crippen LogP contribution is -1.97. The van der Waals surface area contributed by atoms with Crippen LogP contribution in [0.3, 0.4) is 0 Å².